The standard InChI is InChI=1S/C20H20O2/c1-4-7-14-10-15(8-5-2)19-16(9-6-3)12-18(20(21)22)13-17(19)11-14/h4-6,10-13H,1-3,7-9H2,(H,21,22). The van der Waals surface area contributed by atoms with Crippen LogP contribution in [0.15, 0.2) is 62.2 Å². The lowest BCUT2D eigenvalue weighted by molar-refractivity contribution is 0.0697. The van der Waals surface area contributed by atoms with E-state index < -0.39 is 5.97 Å². The van der Waals surface area contributed by atoms with Gasteiger partial charge in [0.05, 0.1) is 5.56 Å². The van der Waals surface area contributed by atoms with Crippen molar-refractivity contribution in [1.29, 1.82) is 0 Å². The average molecular weight is 292 g/mol. The van der Waals surface area contributed by atoms with Crippen molar-refractivity contribution in [2.24, 2.45) is 0 Å². The first kappa shape index (κ1) is 15.8. The maximum Gasteiger partial charge on any atom is 0.335 e. The molecule has 112 valence electrons. The number of carboxylic acid groups (broad SMARTS) is 1. The van der Waals surface area contributed by atoms with Crippen LogP contribution in [0.25, 0.3) is 10.8 Å². The molecule has 2 aromatic carbocycles. The van der Waals surface area contributed by atoms with Gasteiger partial charge in [0.1, 0.15) is 0 Å². The van der Waals surface area contributed by atoms with Crippen molar-refractivity contribution in [3.63, 3.8) is 0 Å². The van der Waals surface area contributed by atoms with Crippen molar-refractivity contribution in [3.8, 4) is 0 Å². The van der Waals surface area contributed by atoms with E-state index in [-0.39, 0.29) is 0 Å². The Morgan fingerprint density at radius 1 is 0.909 bits per heavy atom. The van der Waals surface area contributed by atoms with Crippen LogP contribution in [0.2, 0.25) is 0 Å². The molecule has 0 saturated heterocycles. The molecule has 0 aliphatic heterocycles. The Hall–Kier alpha value is -2.61. The molecule has 0 unspecified atom stereocenters. The van der Waals surface area contributed by atoms with Gasteiger partial charge in [-0.05, 0) is 58.9 Å². The van der Waals surface area contributed by atoms with Gasteiger partial charge < -0.3 is 5.11 Å². The van der Waals surface area contributed by atoms with E-state index in [4.69, 9.17) is 0 Å². The maximum absolute atomic E-state index is 11.4. The number of hydrogen-bond acceptors (Lipinski definition) is 1. The number of fused-ring (bicyclic) bond motifs is 1. The highest BCUT2D eigenvalue weighted by molar-refractivity contribution is 5.98. The van der Waals surface area contributed by atoms with Gasteiger partial charge in [-0.3, -0.25) is 0 Å². The van der Waals surface area contributed by atoms with E-state index in [0.717, 1.165) is 40.3 Å². The number of carbonyl (C=O) groups is 1. The van der Waals surface area contributed by atoms with Crippen LogP contribution < -0.4 is 0 Å². The third-order valence-electron chi connectivity index (χ3n) is 3.63. The number of carboxylic acids is 1. The first-order valence-corrected chi connectivity index (χ1v) is 7.25. The minimum absolute atomic E-state index is 0.310. The van der Waals surface area contributed by atoms with Crippen LogP contribution in [0, 0.1) is 0 Å². The summed E-state index contributed by atoms with van der Waals surface area (Å²) in [5.74, 6) is -0.911. The Bertz CT molecular complexity index is 754. The van der Waals surface area contributed by atoms with E-state index in [1.54, 1.807) is 18.2 Å². The molecular formula is C20H20O2. The fourth-order valence-electron chi connectivity index (χ4n) is 2.81. The average Bonchev–Trinajstić information content (AvgIpc) is 2.47. The molecule has 0 saturated carbocycles. The molecule has 0 aromatic heterocycles. The molecule has 0 heterocycles. The first-order valence-electron chi connectivity index (χ1n) is 7.25. The topological polar surface area (TPSA) is 37.3 Å². The van der Waals surface area contributed by atoms with Gasteiger partial charge in [0.2, 0.25) is 0 Å². The molecule has 2 aromatic rings. The molecule has 0 radical (unpaired) electrons. The summed E-state index contributed by atoms with van der Waals surface area (Å²) in [6.07, 6.45) is 7.67. The Kier molecular flexibility index (Phi) is 4.95. The fraction of sp³-hybridized carbons (Fsp3) is 0.150. The van der Waals surface area contributed by atoms with Gasteiger partial charge in [-0.1, -0.05) is 30.4 Å². The predicted molar refractivity (Wildman–Crippen MR) is 92.6 cm³/mol. The van der Waals surface area contributed by atoms with Gasteiger partial charge in [-0.15, -0.1) is 19.7 Å². The normalized spacial score (nSPS) is 10.4. The van der Waals surface area contributed by atoms with Crippen molar-refractivity contribution >= 4 is 16.7 Å². The monoisotopic (exact) mass is 292 g/mol. The molecule has 0 aliphatic rings. The van der Waals surface area contributed by atoms with E-state index in [0.29, 0.717) is 12.0 Å². The molecule has 0 fully saturated rings. The summed E-state index contributed by atoms with van der Waals surface area (Å²) in [7, 11) is 0. The zero-order valence-electron chi connectivity index (χ0n) is 12.6. The second-order valence-corrected chi connectivity index (χ2v) is 5.27. The summed E-state index contributed by atoms with van der Waals surface area (Å²) in [4.78, 5) is 11.4. The molecule has 0 aliphatic carbocycles. The number of benzene rings is 2. The van der Waals surface area contributed by atoms with Gasteiger partial charge in [0, 0.05) is 0 Å². The minimum Gasteiger partial charge on any atom is -0.478 e. The zero-order valence-corrected chi connectivity index (χ0v) is 12.6. The largest absolute Gasteiger partial charge is 0.478 e. The summed E-state index contributed by atoms with van der Waals surface area (Å²) in [6, 6.07) is 7.68. The lowest BCUT2D eigenvalue weighted by atomic mass is 9.91. The quantitative estimate of drug-likeness (QED) is 0.749. The molecule has 22 heavy (non-hydrogen) atoms. The van der Waals surface area contributed by atoms with Crippen molar-refractivity contribution in [2.75, 3.05) is 0 Å². The number of aromatic carboxylic acids is 1. The molecule has 0 amide bonds. The lowest BCUT2D eigenvalue weighted by Gasteiger charge is -2.13. The van der Waals surface area contributed by atoms with Crippen LogP contribution in [0.1, 0.15) is 27.0 Å². The van der Waals surface area contributed by atoms with Crippen molar-refractivity contribution in [3.05, 3.63) is 84.5 Å². The lowest BCUT2D eigenvalue weighted by Crippen LogP contribution is -2.01. The highest BCUT2D eigenvalue weighted by Crippen LogP contribution is 2.28. The van der Waals surface area contributed by atoms with Gasteiger partial charge in [-0.2, -0.15) is 0 Å². The predicted octanol–water partition coefficient (Wildman–Crippen LogP) is 4.72. The van der Waals surface area contributed by atoms with Crippen molar-refractivity contribution < 1.29 is 9.90 Å². The molecule has 0 spiro atoms. The van der Waals surface area contributed by atoms with Crippen LogP contribution in [0.5, 0.6) is 0 Å². The van der Waals surface area contributed by atoms with Crippen LogP contribution >= 0.6 is 0 Å². The molecule has 0 atom stereocenters. The van der Waals surface area contributed by atoms with E-state index >= 15 is 0 Å². The van der Waals surface area contributed by atoms with Crippen LogP contribution in [0.4, 0.5) is 0 Å². The van der Waals surface area contributed by atoms with Crippen molar-refractivity contribution in [1.82, 2.24) is 0 Å². The maximum atomic E-state index is 11.4. The first-order chi connectivity index (χ1) is 10.6. The third-order valence-corrected chi connectivity index (χ3v) is 3.63. The van der Waals surface area contributed by atoms with Crippen molar-refractivity contribution in [2.45, 2.75) is 19.3 Å². The Labute approximate surface area is 131 Å². The van der Waals surface area contributed by atoms with E-state index in [1.807, 2.05) is 18.2 Å². The van der Waals surface area contributed by atoms with E-state index in [2.05, 4.69) is 25.8 Å². The Balaban J connectivity index is 2.82. The molecule has 2 nitrogen and oxygen atoms in total. The Morgan fingerprint density at radius 3 is 2.05 bits per heavy atom. The minimum atomic E-state index is -0.911. The van der Waals surface area contributed by atoms with Gasteiger partial charge in [-0.25, -0.2) is 4.79 Å². The fourth-order valence-corrected chi connectivity index (χ4v) is 2.81. The summed E-state index contributed by atoms with van der Waals surface area (Å²) in [5, 5.41) is 11.4. The van der Waals surface area contributed by atoms with Gasteiger partial charge in [0.15, 0.2) is 0 Å². The molecule has 1 N–H and O–H groups in total. The van der Waals surface area contributed by atoms with E-state index in [1.165, 1.54) is 0 Å². The van der Waals surface area contributed by atoms with E-state index in [9.17, 15) is 9.90 Å². The highest BCUT2D eigenvalue weighted by Gasteiger charge is 2.12. The van der Waals surface area contributed by atoms with Crippen LogP contribution in [0.3, 0.4) is 0 Å². The highest BCUT2D eigenvalue weighted by atomic mass is 16.4. The molecule has 2 heteroatoms. The van der Waals surface area contributed by atoms with Crippen LogP contribution in [-0.2, 0) is 19.3 Å². The summed E-state index contributed by atoms with van der Waals surface area (Å²) < 4.78 is 0. The smallest absolute Gasteiger partial charge is 0.335 e. The molecular weight excluding hydrogens is 272 g/mol. The SMILES string of the molecule is C=CCc1cc(CC=C)c2c(CC=C)cc(C(=O)O)cc2c1. The zero-order chi connectivity index (χ0) is 16.1. The number of hydrogen-bond donors (Lipinski definition) is 1. The number of allylic oxidation sites excluding steroid dienone is 3. The number of rotatable bonds is 7. The summed E-state index contributed by atoms with van der Waals surface area (Å²) >= 11 is 0. The second kappa shape index (κ2) is 6.90. The third kappa shape index (κ3) is 3.17. The van der Waals surface area contributed by atoms with Gasteiger partial charge >= 0.3 is 5.97 Å². The summed E-state index contributed by atoms with van der Waals surface area (Å²) in [6.45, 7) is 11.4. The Morgan fingerprint density at radius 2 is 1.50 bits per heavy atom. The summed E-state index contributed by atoms with van der Waals surface area (Å²) in [5.41, 5.74) is 3.60. The van der Waals surface area contributed by atoms with Crippen LogP contribution in [-0.4, -0.2) is 11.1 Å². The second-order valence-electron chi connectivity index (χ2n) is 5.27. The molecule has 0 bridgehead atoms. The van der Waals surface area contributed by atoms with Gasteiger partial charge in [0.25, 0.3) is 0 Å². The molecule has 2 rings (SSSR count).